The van der Waals surface area contributed by atoms with Crippen LogP contribution in [0.5, 0.6) is 0 Å². The molecule has 1 amide bonds. The Kier molecular flexibility index (Phi) is 3.69. The van der Waals surface area contributed by atoms with Crippen molar-refractivity contribution in [3.8, 4) is 0 Å². The van der Waals surface area contributed by atoms with Gasteiger partial charge in [0.1, 0.15) is 12.5 Å². The number of nitrogens with zero attached hydrogens (tertiary/aromatic N) is 1. The van der Waals surface area contributed by atoms with Gasteiger partial charge >= 0.3 is 0 Å². The first-order valence-electron chi connectivity index (χ1n) is 4.55. The Morgan fingerprint density at radius 3 is 2.00 bits per heavy atom. The number of ether oxygens (including phenoxy) is 2. The second kappa shape index (κ2) is 4.58. The van der Waals surface area contributed by atoms with Gasteiger partial charge in [0, 0.05) is 21.1 Å². The summed E-state index contributed by atoms with van der Waals surface area (Å²) in [4.78, 5) is 13.0. The lowest BCUT2D eigenvalue weighted by Crippen LogP contribution is -2.50. The van der Waals surface area contributed by atoms with Crippen LogP contribution in [0.3, 0.4) is 0 Å². The number of rotatable bonds is 2. The summed E-state index contributed by atoms with van der Waals surface area (Å²) in [7, 11) is 3.25. The van der Waals surface area contributed by atoms with E-state index >= 15 is 0 Å². The SMILES string of the molecule is COC1CCCC(OC)N1C(C)=O. The molecule has 0 radical (unpaired) electrons. The van der Waals surface area contributed by atoms with E-state index < -0.39 is 0 Å². The quantitative estimate of drug-likeness (QED) is 0.646. The molecule has 0 aliphatic carbocycles. The van der Waals surface area contributed by atoms with Crippen molar-refractivity contribution in [2.75, 3.05) is 14.2 Å². The van der Waals surface area contributed by atoms with Crippen LogP contribution in [0.4, 0.5) is 0 Å². The third-order valence-corrected chi connectivity index (χ3v) is 2.43. The van der Waals surface area contributed by atoms with Crippen LogP contribution in [0.25, 0.3) is 0 Å². The molecule has 0 N–H and O–H groups in total. The van der Waals surface area contributed by atoms with Gasteiger partial charge in [-0.15, -0.1) is 0 Å². The molecule has 0 saturated carbocycles. The van der Waals surface area contributed by atoms with Crippen LogP contribution >= 0.6 is 0 Å². The summed E-state index contributed by atoms with van der Waals surface area (Å²) in [6.45, 7) is 1.54. The fraction of sp³-hybridized carbons (Fsp3) is 0.889. The van der Waals surface area contributed by atoms with E-state index in [1.165, 1.54) is 0 Å². The number of methoxy groups -OCH3 is 2. The highest BCUT2D eigenvalue weighted by molar-refractivity contribution is 5.73. The highest BCUT2D eigenvalue weighted by atomic mass is 16.5. The smallest absolute Gasteiger partial charge is 0.223 e. The van der Waals surface area contributed by atoms with E-state index in [0.29, 0.717) is 0 Å². The van der Waals surface area contributed by atoms with E-state index in [2.05, 4.69) is 0 Å². The van der Waals surface area contributed by atoms with Gasteiger partial charge in [-0.2, -0.15) is 0 Å². The molecule has 4 nitrogen and oxygen atoms in total. The van der Waals surface area contributed by atoms with Crippen molar-refractivity contribution in [2.24, 2.45) is 0 Å². The second-order valence-electron chi connectivity index (χ2n) is 3.24. The van der Waals surface area contributed by atoms with Gasteiger partial charge in [-0.3, -0.25) is 9.69 Å². The average Bonchev–Trinajstić information content (AvgIpc) is 2.16. The Hall–Kier alpha value is -0.610. The van der Waals surface area contributed by atoms with Crippen LogP contribution in [-0.2, 0) is 14.3 Å². The Labute approximate surface area is 78.8 Å². The van der Waals surface area contributed by atoms with Gasteiger partial charge in [-0.05, 0) is 19.3 Å². The van der Waals surface area contributed by atoms with Crippen molar-refractivity contribution in [1.82, 2.24) is 4.90 Å². The Morgan fingerprint density at radius 1 is 1.23 bits per heavy atom. The maximum absolute atomic E-state index is 11.3. The van der Waals surface area contributed by atoms with Crippen LogP contribution in [0.2, 0.25) is 0 Å². The molecule has 1 rings (SSSR count). The fourth-order valence-corrected chi connectivity index (χ4v) is 1.80. The number of hydrogen-bond acceptors (Lipinski definition) is 3. The number of carbonyl (C=O) groups is 1. The third-order valence-electron chi connectivity index (χ3n) is 2.43. The molecule has 0 aromatic heterocycles. The molecule has 1 aliphatic heterocycles. The molecule has 76 valence electrons. The van der Waals surface area contributed by atoms with E-state index in [1.54, 1.807) is 26.0 Å². The first kappa shape index (κ1) is 10.5. The van der Waals surface area contributed by atoms with Crippen molar-refractivity contribution < 1.29 is 14.3 Å². The lowest BCUT2D eigenvalue weighted by atomic mass is 10.1. The van der Waals surface area contributed by atoms with E-state index in [9.17, 15) is 4.79 Å². The molecular formula is C9H17NO3. The summed E-state index contributed by atoms with van der Waals surface area (Å²) in [6.07, 6.45) is 2.61. The molecular weight excluding hydrogens is 170 g/mol. The fourth-order valence-electron chi connectivity index (χ4n) is 1.80. The van der Waals surface area contributed by atoms with Crippen LogP contribution in [0, 0.1) is 0 Å². The Balaban J connectivity index is 2.69. The number of hydrogen-bond donors (Lipinski definition) is 0. The maximum atomic E-state index is 11.3. The maximum Gasteiger partial charge on any atom is 0.223 e. The van der Waals surface area contributed by atoms with Gasteiger partial charge < -0.3 is 9.47 Å². The topological polar surface area (TPSA) is 38.8 Å². The van der Waals surface area contributed by atoms with E-state index in [0.717, 1.165) is 19.3 Å². The highest BCUT2D eigenvalue weighted by Gasteiger charge is 2.32. The van der Waals surface area contributed by atoms with Gasteiger partial charge in [0.05, 0.1) is 0 Å². The number of amides is 1. The van der Waals surface area contributed by atoms with Crippen LogP contribution < -0.4 is 0 Å². The zero-order valence-electron chi connectivity index (χ0n) is 8.45. The largest absolute Gasteiger partial charge is 0.361 e. The van der Waals surface area contributed by atoms with Gasteiger partial charge in [0.2, 0.25) is 5.91 Å². The standard InChI is InChI=1S/C9H17NO3/c1-7(11)10-8(12-2)5-4-6-9(10)13-3/h8-9H,4-6H2,1-3H3. The Morgan fingerprint density at radius 2 is 1.69 bits per heavy atom. The number of carbonyl (C=O) groups excluding carboxylic acids is 1. The van der Waals surface area contributed by atoms with Gasteiger partial charge in [-0.25, -0.2) is 0 Å². The zero-order chi connectivity index (χ0) is 9.84. The second-order valence-corrected chi connectivity index (χ2v) is 3.24. The van der Waals surface area contributed by atoms with Crippen molar-refractivity contribution in [1.29, 1.82) is 0 Å². The number of piperidine rings is 1. The molecule has 1 fully saturated rings. The monoisotopic (exact) mass is 187 g/mol. The normalized spacial score (nSPS) is 29.0. The van der Waals surface area contributed by atoms with Crippen molar-refractivity contribution in [3.05, 3.63) is 0 Å². The molecule has 13 heavy (non-hydrogen) atoms. The van der Waals surface area contributed by atoms with Gasteiger partial charge in [0.15, 0.2) is 0 Å². The van der Waals surface area contributed by atoms with Crippen LogP contribution in [0.1, 0.15) is 26.2 Å². The van der Waals surface area contributed by atoms with Crippen molar-refractivity contribution >= 4 is 5.91 Å². The summed E-state index contributed by atoms with van der Waals surface area (Å²) < 4.78 is 10.4. The molecule has 2 atom stereocenters. The predicted octanol–water partition coefficient (Wildman–Crippen LogP) is 0.964. The molecule has 0 aromatic carbocycles. The highest BCUT2D eigenvalue weighted by Crippen LogP contribution is 2.23. The summed E-state index contributed by atoms with van der Waals surface area (Å²) in [5.74, 6) is 0.0124. The predicted molar refractivity (Wildman–Crippen MR) is 48.0 cm³/mol. The first-order chi connectivity index (χ1) is 6.20. The van der Waals surface area contributed by atoms with Crippen LogP contribution in [-0.4, -0.2) is 37.5 Å². The minimum Gasteiger partial charge on any atom is -0.361 e. The summed E-state index contributed by atoms with van der Waals surface area (Å²) in [5, 5.41) is 0. The van der Waals surface area contributed by atoms with E-state index in [-0.39, 0.29) is 18.4 Å². The molecule has 1 aliphatic rings. The summed E-state index contributed by atoms with van der Waals surface area (Å²) in [5.41, 5.74) is 0. The molecule has 1 heterocycles. The molecule has 4 heteroatoms. The minimum absolute atomic E-state index is 0.0124. The molecule has 0 bridgehead atoms. The van der Waals surface area contributed by atoms with Crippen molar-refractivity contribution in [3.63, 3.8) is 0 Å². The van der Waals surface area contributed by atoms with Gasteiger partial charge in [-0.1, -0.05) is 0 Å². The third kappa shape index (κ3) is 2.19. The first-order valence-corrected chi connectivity index (χ1v) is 4.55. The molecule has 1 saturated heterocycles. The molecule has 0 aromatic rings. The lowest BCUT2D eigenvalue weighted by molar-refractivity contribution is -0.178. The lowest BCUT2D eigenvalue weighted by Gasteiger charge is -2.39. The van der Waals surface area contributed by atoms with Crippen molar-refractivity contribution in [2.45, 2.75) is 38.6 Å². The zero-order valence-corrected chi connectivity index (χ0v) is 8.45. The van der Waals surface area contributed by atoms with Gasteiger partial charge in [0.25, 0.3) is 0 Å². The average molecular weight is 187 g/mol. The van der Waals surface area contributed by atoms with E-state index in [4.69, 9.17) is 9.47 Å². The summed E-state index contributed by atoms with van der Waals surface area (Å²) in [6, 6.07) is 0. The van der Waals surface area contributed by atoms with E-state index in [1.807, 2.05) is 0 Å². The Bertz CT molecular complexity index is 172. The molecule has 2 unspecified atom stereocenters. The molecule has 0 spiro atoms. The minimum atomic E-state index is -0.115. The van der Waals surface area contributed by atoms with Crippen LogP contribution in [0.15, 0.2) is 0 Å². The summed E-state index contributed by atoms with van der Waals surface area (Å²) >= 11 is 0. The number of likely N-dealkylation sites (tertiary alicyclic amines) is 1.